The van der Waals surface area contributed by atoms with Crippen molar-refractivity contribution in [2.75, 3.05) is 41.3 Å². The second-order valence-electron chi connectivity index (χ2n) is 5.22. The molecule has 0 bridgehead atoms. The van der Waals surface area contributed by atoms with Crippen molar-refractivity contribution < 1.29 is 14.3 Å². The van der Waals surface area contributed by atoms with Crippen LogP contribution in [0.5, 0.6) is 0 Å². The van der Waals surface area contributed by atoms with E-state index in [2.05, 4.69) is 5.32 Å². The molecule has 0 saturated carbocycles. The van der Waals surface area contributed by atoms with E-state index in [9.17, 15) is 9.59 Å². The van der Waals surface area contributed by atoms with Crippen LogP contribution in [0.15, 0.2) is 0 Å². The zero-order valence-electron chi connectivity index (χ0n) is 12.9. The lowest BCUT2D eigenvalue weighted by Crippen LogP contribution is -2.51. The summed E-state index contributed by atoms with van der Waals surface area (Å²) >= 11 is 0. The second kappa shape index (κ2) is 8.74. The highest BCUT2D eigenvalue weighted by Crippen LogP contribution is 2.13. The van der Waals surface area contributed by atoms with E-state index in [-0.39, 0.29) is 12.0 Å². The SMILES string of the molecule is CNC(=O)N(CCN(C)C)[C@@H](CC(C)C)C(=O)OC. The molecule has 6 nitrogen and oxygen atoms in total. The maximum atomic E-state index is 12.0. The lowest BCUT2D eigenvalue weighted by molar-refractivity contribution is -0.146. The molecule has 0 aliphatic carbocycles. The summed E-state index contributed by atoms with van der Waals surface area (Å²) in [6, 6.07) is -0.789. The molecule has 0 rings (SSSR count). The molecule has 0 aromatic carbocycles. The highest BCUT2D eigenvalue weighted by atomic mass is 16.5. The fourth-order valence-electron chi connectivity index (χ4n) is 1.78. The van der Waals surface area contributed by atoms with Crippen LogP contribution in [0.2, 0.25) is 0 Å². The van der Waals surface area contributed by atoms with Gasteiger partial charge in [-0.1, -0.05) is 13.8 Å². The molecule has 0 heterocycles. The lowest BCUT2D eigenvalue weighted by Gasteiger charge is -2.31. The summed E-state index contributed by atoms with van der Waals surface area (Å²) in [6.45, 7) is 5.21. The standard InChI is InChI=1S/C13H27N3O3/c1-10(2)9-11(12(17)19-6)16(13(18)14-3)8-7-15(4)5/h10-11H,7-9H2,1-6H3,(H,14,18)/t11-/m0/s1. The van der Waals surface area contributed by atoms with Gasteiger partial charge < -0.3 is 19.9 Å². The molecule has 19 heavy (non-hydrogen) atoms. The van der Waals surface area contributed by atoms with Gasteiger partial charge in [-0.2, -0.15) is 0 Å². The fourth-order valence-corrected chi connectivity index (χ4v) is 1.78. The average Bonchev–Trinajstić information content (AvgIpc) is 2.35. The number of nitrogens with zero attached hydrogens (tertiary/aromatic N) is 2. The van der Waals surface area contributed by atoms with Crippen molar-refractivity contribution in [2.24, 2.45) is 5.92 Å². The van der Waals surface area contributed by atoms with Crippen LogP contribution in [-0.2, 0) is 9.53 Å². The van der Waals surface area contributed by atoms with Crippen LogP contribution in [0.4, 0.5) is 4.79 Å². The molecular formula is C13H27N3O3. The predicted molar refractivity (Wildman–Crippen MR) is 75.0 cm³/mol. The summed E-state index contributed by atoms with van der Waals surface area (Å²) < 4.78 is 4.82. The van der Waals surface area contributed by atoms with E-state index in [1.165, 1.54) is 7.11 Å². The van der Waals surface area contributed by atoms with Crippen LogP contribution in [-0.4, -0.2) is 69.2 Å². The number of hydrogen-bond acceptors (Lipinski definition) is 4. The molecule has 0 fully saturated rings. The van der Waals surface area contributed by atoms with Crippen molar-refractivity contribution in [1.82, 2.24) is 15.1 Å². The number of ether oxygens (including phenoxy) is 1. The minimum Gasteiger partial charge on any atom is -0.467 e. The molecule has 0 unspecified atom stereocenters. The van der Waals surface area contributed by atoms with Gasteiger partial charge in [0.2, 0.25) is 0 Å². The number of methoxy groups -OCH3 is 1. The minimum absolute atomic E-state index is 0.252. The van der Waals surface area contributed by atoms with Gasteiger partial charge in [0.05, 0.1) is 7.11 Å². The highest BCUT2D eigenvalue weighted by molar-refractivity contribution is 5.83. The molecule has 0 spiro atoms. The molecule has 1 N–H and O–H groups in total. The fraction of sp³-hybridized carbons (Fsp3) is 0.846. The number of carbonyl (C=O) groups is 2. The van der Waals surface area contributed by atoms with E-state index >= 15 is 0 Å². The van der Waals surface area contributed by atoms with Crippen LogP contribution in [0.3, 0.4) is 0 Å². The van der Waals surface area contributed by atoms with Crippen molar-refractivity contribution >= 4 is 12.0 Å². The van der Waals surface area contributed by atoms with E-state index in [0.29, 0.717) is 25.4 Å². The predicted octanol–water partition coefficient (Wildman–Crippen LogP) is 0.777. The van der Waals surface area contributed by atoms with Crippen molar-refractivity contribution in [3.8, 4) is 0 Å². The van der Waals surface area contributed by atoms with Gasteiger partial charge in [-0.25, -0.2) is 9.59 Å². The van der Waals surface area contributed by atoms with Crippen molar-refractivity contribution in [3.63, 3.8) is 0 Å². The van der Waals surface area contributed by atoms with Crippen LogP contribution in [0.1, 0.15) is 20.3 Å². The van der Waals surface area contributed by atoms with E-state index in [1.807, 2.05) is 32.8 Å². The first kappa shape index (κ1) is 17.7. The third-order valence-corrected chi connectivity index (χ3v) is 2.81. The van der Waals surface area contributed by atoms with Crippen LogP contribution in [0.25, 0.3) is 0 Å². The molecule has 0 aromatic rings. The third-order valence-electron chi connectivity index (χ3n) is 2.81. The zero-order valence-corrected chi connectivity index (χ0v) is 12.9. The Hall–Kier alpha value is -1.30. The normalized spacial score (nSPS) is 12.4. The maximum absolute atomic E-state index is 12.0. The van der Waals surface area contributed by atoms with Crippen LogP contribution in [0, 0.1) is 5.92 Å². The molecule has 0 saturated heterocycles. The van der Waals surface area contributed by atoms with Gasteiger partial charge in [-0.05, 0) is 26.4 Å². The Morgan fingerprint density at radius 3 is 2.16 bits per heavy atom. The van der Waals surface area contributed by atoms with Crippen LogP contribution >= 0.6 is 0 Å². The van der Waals surface area contributed by atoms with Crippen molar-refractivity contribution in [2.45, 2.75) is 26.3 Å². The van der Waals surface area contributed by atoms with E-state index < -0.39 is 6.04 Å². The van der Waals surface area contributed by atoms with Crippen molar-refractivity contribution in [3.05, 3.63) is 0 Å². The summed E-state index contributed by atoms with van der Waals surface area (Å²) in [6.07, 6.45) is 0.591. The smallest absolute Gasteiger partial charge is 0.328 e. The van der Waals surface area contributed by atoms with E-state index in [4.69, 9.17) is 4.74 Å². The Labute approximate surface area is 116 Å². The first-order valence-corrected chi connectivity index (χ1v) is 6.54. The lowest BCUT2D eigenvalue weighted by atomic mass is 10.0. The first-order chi connectivity index (χ1) is 8.83. The molecule has 1 atom stereocenters. The Kier molecular flexibility index (Phi) is 8.14. The van der Waals surface area contributed by atoms with E-state index in [1.54, 1.807) is 11.9 Å². The first-order valence-electron chi connectivity index (χ1n) is 6.54. The highest BCUT2D eigenvalue weighted by Gasteiger charge is 2.30. The average molecular weight is 273 g/mol. The molecule has 0 radical (unpaired) electrons. The molecule has 112 valence electrons. The number of urea groups is 1. The van der Waals surface area contributed by atoms with Gasteiger partial charge in [0.1, 0.15) is 6.04 Å². The number of hydrogen-bond donors (Lipinski definition) is 1. The van der Waals surface area contributed by atoms with E-state index in [0.717, 1.165) is 0 Å². The molecule has 2 amide bonds. The van der Waals surface area contributed by atoms with Gasteiger partial charge in [-0.15, -0.1) is 0 Å². The molecule has 0 aromatic heterocycles. The van der Waals surface area contributed by atoms with Gasteiger partial charge >= 0.3 is 12.0 Å². The van der Waals surface area contributed by atoms with Crippen molar-refractivity contribution in [1.29, 1.82) is 0 Å². The third kappa shape index (κ3) is 6.42. The Balaban J connectivity index is 4.99. The monoisotopic (exact) mass is 273 g/mol. The minimum atomic E-state index is -0.537. The maximum Gasteiger partial charge on any atom is 0.328 e. The molecule has 0 aliphatic heterocycles. The Morgan fingerprint density at radius 1 is 1.21 bits per heavy atom. The number of esters is 1. The number of likely N-dealkylation sites (N-methyl/N-ethyl adjacent to an activating group) is 1. The summed E-state index contributed by atoms with van der Waals surface area (Å²) in [5.41, 5.74) is 0. The largest absolute Gasteiger partial charge is 0.467 e. The Morgan fingerprint density at radius 2 is 1.79 bits per heavy atom. The van der Waals surface area contributed by atoms with Gasteiger partial charge in [0.15, 0.2) is 0 Å². The van der Waals surface area contributed by atoms with Gasteiger partial charge in [0.25, 0.3) is 0 Å². The summed E-state index contributed by atoms with van der Waals surface area (Å²) in [7, 11) is 6.77. The number of carbonyl (C=O) groups excluding carboxylic acids is 2. The molecule has 6 heteroatoms. The second-order valence-corrected chi connectivity index (χ2v) is 5.22. The summed E-state index contributed by atoms with van der Waals surface area (Å²) in [5, 5.41) is 2.58. The number of rotatable bonds is 7. The van der Waals surface area contributed by atoms with Gasteiger partial charge in [0, 0.05) is 20.1 Å². The quantitative estimate of drug-likeness (QED) is 0.696. The Bertz CT molecular complexity index is 293. The number of nitrogens with one attached hydrogen (secondary N) is 1. The summed E-state index contributed by atoms with van der Waals surface area (Å²) in [5.74, 6) is -0.0633. The zero-order chi connectivity index (χ0) is 15.0. The number of amides is 2. The van der Waals surface area contributed by atoms with Gasteiger partial charge in [-0.3, -0.25) is 0 Å². The molecular weight excluding hydrogens is 246 g/mol. The molecule has 0 aliphatic rings. The topological polar surface area (TPSA) is 61.9 Å². The summed E-state index contributed by atoms with van der Waals surface area (Å²) in [4.78, 5) is 27.4. The van der Waals surface area contributed by atoms with Crippen LogP contribution < -0.4 is 5.32 Å².